The number of hydrogen-bond acceptors (Lipinski definition) is 8. The van der Waals surface area contributed by atoms with Crippen molar-refractivity contribution in [1.82, 2.24) is 0 Å². The van der Waals surface area contributed by atoms with Crippen LogP contribution in [0.15, 0.2) is 42.5 Å². The molecule has 0 aliphatic heterocycles. The van der Waals surface area contributed by atoms with Crippen molar-refractivity contribution in [3.63, 3.8) is 0 Å². The molecule has 3 atom stereocenters. The smallest absolute Gasteiger partial charge is 0.343 e. The molecular weight excluding hydrogens is 380 g/mol. The first-order valence-corrected chi connectivity index (χ1v) is 8.76. The highest BCUT2D eigenvalue weighted by Gasteiger charge is 2.31. The van der Waals surface area contributed by atoms with E-state index in [9.17, 15) is 20.1 Å². The van der Waals surface area contributed by atoms with Gasteiger partial charge in [-0.05, 0) is 35.4 Å². The number of methoxy groups -OCH3 is 2. The Morgan fingerprint density at radius 3 is 1.97 bits per heavy atom. The van der Waals surface area contributed by atoms with E-state index in [1.165, 1.54) is 12.1 Å². The van der Waals surface area contributed by atoms with Gasteiger partial charge in [0.15, 0.2) is 6.10 Å². The summed E-state index contributed by atoms with van der Waals surface area (Å²) in [5.74, 6) is 0.341. The lowest BCUT2D eigenvalue weighted by Crippen LogP contribution is -2.45. The molecule has 0 bridgehead atoms. The third kappa shape index (κ3) is 6.30. The zero-order chi connectivity index (χ0) is 21.4. The fraction of sp³-hybridized carbons (Fsp3) is 0.286. The molecule has 0 fully saturated rings. The molecule has 2 aromatic rings. The van der Waals surface area contributed by atoms with Crippen LogP contribution in [-0.2, 0) is 4.79 Å². The zero-order valence-corrected chi connectivity index (χ0v) is 16.1. The first-order valence-electron chi connectivity index (χ1n) is 8.76. The lowest BCUT2D eigenvalue weighted by molar-refractivity contribution is -0.156. The van der Waals surface area contributed by atoms with Gasteiger partial charge in [-0.2, -0.15) is 0 Å². The second kappa shape index (κ2) is 10.6. The minimum Gasteiger partial charge on any atom is -0.497 e. The van der Waals surface area contributed by atoms with Crippen LogP contribution in [0.1, 0.15) is 11.1 Å². The van der Waals surface area contributed by atoms with Gasteiger partial charge in [0.2, 0.25) is 0 Å². The molecule has 156 valence electrons. The third-order valence-corrected chi connectivity index (χ3v) is 4.09. The van der Waals surface area contributed by atoms with Gasteiger partial charge in [0, 0.05) is 6.07 Å². The Labute approximate surface area is 168 Å². The van der Waals surface area contributed by atoms with Crippen LogP contribution >= 0.6 is 0 Å². The highest BCUT2D eigenvalue weighted by Crippen LogP contribution is 2.24. The Bertz CT molecular complexity index is 809. The van der Waals surface area contributed by atoms with Crippen molar-refractivity contribution in [3.8, 4) is 17.2 Å². The van der Waals surface area contributed by atoms with E-state index in [-0.39, 0.29) is 5.75 Å². The predicted molar refractivity (Wildman–Crippen MR) is 106 cm³/mol. The van der Waals surface area contributed by atoms with Gasteiger partial charge in [0.25, 0.3) is 0 Å². The molecule has 0 radical (unpaired) electrons. The zero-order valence-electron chi connectivity index (χ0n) is 16.1. The third-order valence-electron chi connectivity index (χ3n) is 4.09. The van der Waals surface area contributed by atoms with E-state index in [1.807, 2.05) is 24.3 Å². The van der Waals surface area contributed by atoms with E-state index in [1.54, 1.807) is 32.4 Å². The van der Waals surface area contributed by atoms with E-state index < -0.39 is 30.9 Å². The van der Waals surface area contributed by atoms with Gasteiger partial charge in [-0.15, -0.1) is 0 Å². The van der Waals surface area contributed by atoms with Crippen molar-refractivity contribution >= 4 is 18.1 Å². The van der Waals surface area contributed by atoms with Crippen LogP contribution in [-0.4, -0.2) is 65.5 Å². The van der Waals surface area contributed by atoms with Crippen molar-refractivity contribution in [1.29, 1.82) is 0 Å². The summed E-state index contributed by atoms with van der Waals surface area (Å²) in [5.41, 5.74) is 1.69. The summed E-state index contributed by atoms with van der Waals surface area (Å²) in [6.45, 7) is -0.800. The van der Waals surface area contributed by atoms with E-state index in [0.29, 0.717) is 11.5 Å². The number of esters is 1. The summed E-state index contributed by atoms with van der Waals surface area (Å²) >= 11 is 0. The Hall–Kier alpha value is -2.91. The highest BCUT2D eigenvalue weighted by atomic mass is 16.6. The van der Waals surface area contributed by atoms with Crippen LogP contribution in [0.2, 0.25) is 0 Å². The summed E-state index contributed by atoms with van der Waals surface area (Å²) < 4.78 is 15.4. The SMILES string of the molecule is COc1cc(/C=C/c2ccc(OC(=O)C(O)C(O)C(O)CO)cc2)cc(OC)c1. The topological polar surface area (TPSA) is 126 Å². The quantitative estimate of drug-likeness (QED) is 0.275. The second-order valence-electron chi connectivity index (χ2n) is 6.15. The van der Waals surface area contributed by atoms with Gasteiger partial charge < -0.3 is 34.6 Å². The molecular formula is C21H24O8. The van der Waals surface area contributed by atoms with Gasteiger partial charge >= 0.3 is 5.97 Å². The summed E-state index contributed by atoms with van der Waals surface area (Å²) in [6.07, 6.45) is -1.78. The van der Waals surface area contributed by atoms with Gasteiger partial charge in [0.05, 0.1) is 20.8 Å². The first kappa shape index (κ1) is 22.4. The molecule has 4 N–H and O–H groups in total. The van der Waals surface area contributed by atoms with Crippen molar-refractivity contribution in [2.75, 3.05) is 20.8 Å². The molecule has 0 saturated carbocycles. The minimum atomic E-state index is -1.99. The standard InChI is InChI=1S/C21H24O8/c1-27-16-9-14(10-17(11-16)28-2)4-3-13-5-7-15(8-6-13)29-21(26)20(25)19(24)18(23)12-22/h3-11,18-20,22-25H,12H2,1-2H3/b4-3+. The molecule has 0 aliphatic carbocycles. The minimum absolute atomic E-state index is 0.153. The molecule has 8 nitrogen and oxygen atoms in total. The van der Waals surface area contributed by atoms with Crippen molar-refractivity contribution in [3.05, 3.63) is 53.6 Å². The number of aliphatic hydroxyl groups is 4. The summed E-state index contributed by atoms with van der Waals surface area (Å²) in [7, 11) is 3.14. The fourth-order valence-corrected chi connectivity index (χ4v) is 2.40. The van der Waals surface area contributed by atoms with E-state index in [4.69, 9.17) is 19.3 Å². The fourth-order valence-electron chi connectivity index (χ4n) is 2.40. The summed E-state index contributed by atoms with van der Waals surface area (Å²) in [6, 6.07) is 11.9. The second-order valence-corrected chi connectivity index (χ2v) is 6.15. The predicted octanol–water partition coefficient (Wildman–Crippen LogP) is 0.855. The molecule has 0 saturated heterocycles. The van der Waals surface area contributed by atoms with Gasteiger partial charge in [-0.3, -0.25) is 0 Å². The number of hydrogen-bond donors (Lipinski definition) is 4. The molecule has 0 aliphatic rings. The Morgan fingerprint density at radius 1 is 0.897 bits per heavy atom. The van der Waals surface area contributed by atoms with Crippen LogP contribution in [0.4, 0.5) is 0 Å². The lowest BCUT2D eigenvalue weighted by atomic mass is 10.1. The lowest BCUT2D eigenvalue weighted by Gasteiger charge is -2.20. The average Bonchev–Trinajstić information content (AvgIpc) is 2.76. The van der Waals surface area contributed by atoms with Crippen LogP contribution < -0.4 is 14.2 Å². The van der Waals surface area contributed by atoms with Gasteiger partial charge in [-0.1, -0.05) is 24.3 Å². The van der Waals surface area contributed by atoms with E-state index >= 15 is 0 Å². The molecule has 2 rings (SSSR count). The normalized spacial score (nSPS) is 14.3. The Kier molecular flexibility index (Phi) is 8.17. The molecule has 2 aromatic carbocycles. The van der Waals surface area contributed by atoms with Gasteiger partial charge in [-0.25, -0.2) is 4.79 Å². The molecule has 0 amide bonds. The van der Waals surface area contributed by atoms with Crippen molar-refractivity contribution in [2.24, 2.45) is 0 Å². The summed E-state index contributed by atoms with van der Waals surface area (Å²) in [5, 5.41) is 37.2. The van der Waals surface area contributed by atoms with Gasteiger partial charge in [0.1, 0.15) is 29.5 Å². The molecule has 8 heteroatoms. The molecule has 0 heterocycles. The van der Waals surface area contributed by atoms with Crippen LogP contribution in [0.5, 0.6) is 17.2 Å². The van der Waals surface area contributed by atoms with E-state index in [2.05, 4.69) is 0 Å². The van der Waals surface area contributed by atoms with Crippen LogP contribution in [0.3, 0.4) is 0 Å². The molecule has 0 aromatic heterocycles. The maximum Gasteiger partial charge on any atom is 0.343 e. The van der Waals surface area contributed by atoms with Crippen molar-refractivity contribution in [2.45, 2.75) is 18.3 Å². The number of ether oxygens (including phenoxy) is 3. The van der Waals surface area contributed by atoms with Crippen molar-refractivity contribution < 1.29 is 39.4 Å². The Balaban J connectivity index is 2.03. The molecule has 0 spiro atoms. The highest BCUT2D eigenvalue weighted by molar-refractivity contribution is 5.78. The number of carbonyl (C=O) groups excluding carboxylic acids is 1. The molecule has 3 unspecified atom stereocenters. The number of benzene rings is 2. The maximum absolute atomic E-state index is 11.8. The largest absolute Gasteiger partial charge is 0.497 e. The first-order chi connectivity index (χ1) is 13.9. The molecule has 29 heavy (non-hydrogen) atoms. The van der Waals surface area contributed by atoms with Crippen LogP contribution in [0, 0.1) is 0 Å². The number of rotatable bonds is 9. The van der Waals surface area contributed by atoms with Crippen LogP contribution in [0.25, 0.3) is 12.2 Å². The summed E-state index contributed by atoms with van der Waals surface area (Å²) in [4.78, 5) is 11.8. The van der Waals surface area contributed by atoms with E-state index in [0.717, 1.165) is 11.1 Å². The Morgan fingerprint density at radius 2 is 1.45 bits per heavy atom. The number of aliphatic hydroxyl groups excluding tert-OH is 4. The average molecular weight is 404 g/mol. The maximum atomic E-state index is 11.8. The number of carbonyl (C=O) groups is 1. The monoisotopic (exact) mass is 404 g/mol.